The van der Waals surface area contributed by atoms with Crippen molar-refractivity contribution in [3.8, 4) is 6.07 Å². The Kier molecular flexibility index (Phi) is 4.64. The van der Waals surface area contributed by atoms with E-state index >= 15 is 0 Å². The van der Waals surface area contributed by atoms with Crippen LogP contribution in [-0.4, -0.2) is 37.1 Å². The van der Waals surface area contributed by atoms with Crippen molar-refractivity contribution in [1.29, 1.82) is 5.26 Å². The molecule has 0 spiro atoms. The molecule has 2 rings (SSSR count). The van der Waals surface area contributed by atoms with Gasteiger partial charge in [-0.1, -0.05) is 0 Å². The molecule has 2 aliphatic rings. The summed E-state index contributed by atoms with van der Waals surface area (Å²) in [6.07, 6.45) is 5.90. The zero-order valence-corrected chi connectivity index (χ0v) is 11.9. The van der Waals surface area contributed by atoms with Crippen molar-refractivity contribution in [3.63, 3.8) is 0 Å². The van der Waals surface area contributed by atoms with E-state index in [1.807, 2.05) is 0 Å². The molecule has 0 aromatic rings. The Morgan fingerprint density at radius 3 is 2.50 bits per heavy atom. The molecule has 0 radical (unpaired) electrons. The Morgan fingerprint density at radius 2 is 2.00 bits per heavy atom. The highest BCUT2D eigenvalue weighted by Crippen LogP contribution is 2.49. The van der Waals surface area contributed by atoms with Gasteiger partial charge in [-0.05, 0) is 64.0 Å². The molecule has 0 bridgehead atoms. The van der Waals surface area contributed by atoms with Gasteiger partial charge < -0.3 is 10.2 Å². The summed E-state index contributed by atoms with van der Waals surface area (Å²) in [5.41, 5.74) is 0.353. The molecule has 0 amide bonds. The van der Waals surface area contributed by atoms with Crippen LogP contribution in [0.4, 0.5) is 0 Å². The third-order valence-corrected chi connectivity index (χ3v) is 4.63. The van der Waals surface area contributed by atoms with Crippen LogP contribution in [0.25, 0.3) is 0 Å². The summed E-state index contributed by atoms with van der Waals surface area (Å²) in [4.78, 5) is 2.63. The quantitative estimate of drug-likeness (QED) is 0.785. The van der Waals surface area contributed by atoms with E-state index in [1.54, 1.807) is 0 Å². The van der Waals surface area contributed by atoms with Gasteiger partial charge in [0.1, 0.15) is 0 Å². The molecular formula is C15H27N3. The van der Waals surface area contributed by atoms with Crippen LogP contribution in [0.15, 0.2) is 0 Å². The fourth-order valence-electron chi connectivity index (χ4n) is 3.02. The Labute approximate surface area is 112 Å². The predicted molar refractivity (Wildman–Crippen MR) is 74.2 cm³/mol. The third kappa shape index (κ3) is 3.70. The molecule has 102 valence electrons. The van der Waals surface area contributed by atoms with Gasteiger partial charge in [0.2, 0.25) is 0 Å². The van der Waals surface area contributed by atoms with Crippen LogP contribution in [0.5, 0.6) is 0 Å². The maximum absolute atomic E-state index is 8.94. The summed E-state index contributed by atoms with van der Waals surface area (Å²) >= 11 is 0. The zero-order chi connectivity index (χ0) is 13.0. The molecule has 1 heterocycles. The summed E-state index contributed by atoms with van der Waals surface area (Å²) in [5, 5.41) is 12.4. The fourth-order valence-corrected chi connectivity index (χ4v) is 3.02. The smallest absolute Gasteiger partial charge is 0.0628 e. The number of nitrogens with one attached hydrogen (secondary N) is 1. The minimum absolute atomic E-state index is 0.353. The highest BCUT2D eigenvalue weighted by atomic mass is 15.2. The van der Waals surface area contributed by atoms with Crippen LogP contribution in [0, 0.1) is 22.7 Å². The van der Waals surface area contributed by atoms with E-state index < -0.39 is 0 Å². The first-order valence-corrected chi connectivity index (χ1v) is 7.47. The van der Waals surface area contributed by atoms with E-state index in [1.165, 1.54) is 45.3 Å². The number of rotatable bonds is 6. The summed E-state index contributed by atoms with van der Waals surface area (Å²) in [6, 6.07) is 2.99. The first-order chi connectivity index (χ1) is 8.65. The molecule has 1 saturated heterocycles. The van der Waals surface area contributed by atoms with Crippen LogP contribution < -0.4 is 5.32 Å². The van der Waals surface area contributed by atoms with Gasteiger partial charge in [-0.3, -0.25) is 0 Å². The van der Waals surface area contributed by atoms with Gasteiger partial charge in [0.15, 0.2) is 0 Å². The number of nitriles is 1. The normalized spacial score (nSPS) is 23.3. The fraction of sp³-hybridized carbons (Fsp3) is 0.933. The topological polar surface area (TPSA) is 39.1 Å². The zero-order valence-electron chi connectivity index (χ0n) is 11.9. The molecule has 1 aliphatic heterocycles. The van der Waals surface area contributed by atoms with Gasteiger partial charge >= 0.3 is 0 Å². The van der Waals surface area contributed by atoms with Gasteiger partial charge in [-0.25, -0.2) is 0 Å². The summed E-state index contributed by atoms with van der Waals surface area (Å²) in [7, 11) is 0. The van der Waals surface area contributed by atoms with Crippen LogP contribution in [-0.2, 0) is 0 Å². The highest BCUT2D eigenvalue weighted by Gasteiger charge is 2.44. The summed E-state index contributed by atoms with van der Waals surface area (Å²) in [5.74, 6) is 0.853. The molecule has 0 unspecified atom stereocenters. The van der Waals surface area contributed by atoms with Crippen molar-refractivity contribution in [2.75, 3.05) is 26.2 Å². The monoisotopic (exact) mass is 249 g/mol. The maximum atomic E-state index is 8.94. The largest absolute Gasteiger partial charge is 0.317 e. The van der Waals surface area contributed by atoms with Crippen molar-refractivity contribution in [2.45, 2.75) is 52.0 Å². The highest BCUT2D eigenvalue weighted by molar-refractivity contribution is 5.01. The van der Waals surface area contributed by atoms with E-state index in [0.29, 0.717) is 11.5 Å². The SMILES string of the molecule is CC(C)N(CC1CCNCC1)CC1(CC#N)CC1. The lowest BCUT2D eigenvalue weighted by Crippen LogP contribution is -2.42. The van der Waals surface area contributed by atoms with Crippen LogP contribution in [0.2, 0.25) is 0 Å². The standard InChI is InChI=1S/C15H27N3/c1-13(2)18(11-14-3-9-17-10-4-14)12-15(5-6-15)7-8-16/h13-14,17H,3-7,9-12H2,1-2H3. The van der Waals surface area contributed by atoms with Gasteiger partial charge in [0.05, 0.1) is 6.07 Å². The van der Waals surface area contributed by atoms with E-state index in [0.717, 1.165) is 18.9 Å². The Bertz CT molecular complexity index is 295. The van der Waals surface area contributed by atoms with Gasteiger partial charge in [-0.2, -0.15) is 5.26 Å². The molecule has 1 N–H and O–H groups in total. The molecular weight excluding hydrogens is 222 g/mol. The number of piperidine rings is 1. The van der Waals surface area contributed by atoms with Gasteiger partial charge in [0.25, 0.3) is 0 Å². The molecule has 3 heteroatoms. The lowest BCUT2D eigenvalue weighted by Gasteiger charge is -2.34. The van der Waals surface area contributed by atoms with E-state index in [9.17, 15) is 0 Å². The summed E-state index contributed by atoms with van der Waals surface area (Å²) in [6.45, 7) is 9.32. The average Bonchev–Trinajstić information content (AvgIpc) is 3.10. The van der Waals surface area contributed by atoms with Gasteiger partial charge in [0, 0.05) is 25.6 Å². The second kappa shape index (κ2) is 6.04. The first kappa shape index (κ1) is 13.8. The summed E-state index contributed by atoms with van der Waals surface area (Å²) < 4.78 is 0. The molecule has 1 aliphatic carbocycles. The van der Waals surface area contributed by atoms with Crippen LogP contribution >= 0.6 is 0 Å². The van der Waals surface area contributed by atoms with E-state index in [2.05, 4.69) is 30.1 Å². The minimum Gasteiger partial charge on any atom is -0.317 e. The number of hydrogen-bond acceptors (Lipinski definition) is 3. The molecule has 0 aromatic heterocycles. The van der Waals surface area contributed by atoms with Crippen molar-refractivity contribution in [3.05, 3.63) is 0 Å². The van der Waals surface area contributed by atoms with Crippen molar-refractivity contribution >= 4 is 0 Å². The Morgan fingerprint density at radius 1 is 1.33 bits per heavy atom. The molecule has 3 nitrogen and oxygen atoms in total. The molecule has 0 aromatic carbocycles. The predicted octanol–water partition coefficient (Wildman–Crippen LogP) is 2.39. The molecule has 0 atom stereocenters. The van der Waals surface area contributed by atoms with Crippen molar-refractivity contribution < 1.29 is 0 Å². The molecule has 1 saturated carbocycles. The average molecular weight is 249 g/mol. The van der Waals surface area contributed by atoms with E-state index in [-0.39, 0.29) is 0 Å². The van der Waals surface area contributed by atoms with Gasteiger partial charge in [-0.15, -0.1) is 0 Å². The van der Waals surface area contributed by atoms with Crippen molar-refractivity contribution in [1.82, 2.24) is 10.2 Å². The maximum Gasteiger partial charge on any atom is 0.0628 e. The van der Waals surface area contributed by atoms with Crippen LogP contribution in [0.1, 0.15) is 46.0 Å². The lowest BCUT2D eigenvalue weighted by molar-refractivity contribution is 0.139. The third-order valence-electron chi connectivity index (χ3n) is 4.63. The minimum atomic E-state index is 0.353. The first-order valence-electron chi connectivity index (χ1n) is 7.47. The Balaban J connectivity index is 1.86. The van der Waals surface area contributed by atoms with Crippen molar-refractivity contribution in [2.24, 2.45) is 11.3 Å². The number of nitrogens with zero attached hydrogens (tertiary/aromatic N) is 2. The van der Waals surface area contributed by atoms with Crippen LogP contribution in [0.3, 0.4) is 0 Å². The second-order valence-electron chi connectivity index (χ2n) is 6.55. The Hall–Kier alpha value is -0.590. The molecule has 2 fully saturated rings. The molecule has 18 heavy (non-hydrogen) atoms. The second-order valence-corrected chi connectivity index (χ2v) is 6.55. The number of hydrogen-bond donors (Lipinski definition) is 1. The van der Waals surface area contributed by atoms with E-state index in [4.69, 9.17) is 5.26 Å². The lowest BCUT2D eigenvalue weighted by atomic mass is 9.95.